The fraction of sp³-hybridized carbons (Fsp3) is 0.385. The lowest BCUT2D eigenvalue weighted by atomic mass is 9.92. The van der Waals surface area contributed by atoms with Crippen molar-refractivity contribution in [1.82, 2.24) is 9.13 Å². The van der Waals surface area contributed by atoms with Crippen LogP contribution in [0.5, 0.6) is 17.2 Å². The van der Waals surface area contributed by atoms with Gasteiger partial charge in [0.25, 0.3) is 0 Å². The molecule has 0 unspecified atom stereocenters. The molecule has 0 saturated heterocycles. The maximum Gasteiger partial charge on any atom is 0.355 e. The van der Waals surface area contributed by atoms with E-state index in [1.54, 1.807) is 18.8 Å². The second-order valence-electron chi connectivity index (χ2n) is 19.0. The van der Waals surface area contributed by atoms with Crippen LogP contribution >= 0.6 is 0 Å². The van der Waals surface area contributed by atoms with Crippen LogP contribution in [0.4, 0.5) is 0 Å². The number of aryl methyl sites for hydroxylation is 1. The highest BCUT2D eigenvalue weighted by atomic mass is 28.4. The molecule has 0 saturated carbocycles. The van der Waals surface area contributed by atoms with Crippen LogP contribution < -0.4 is 14.2 Å². The van der Waals surface area contributed by atoms with Crippen LogP contribution in [0.25, 0.3) is 33.2 Å². The van der Waals surface area contributed by atoms with Gasteiger partial charge in [0.15, 0.2) is 8.32 Å². The molecule has 0 amide bonds. The predicted octanol–water partition coefficient (Wildman–Crippen LogP) is 12.0. The standard InChI is InChI=1S/C52H66N2O9Si2/c1-52(2,3)65(11,12)63-34-42-45(41-19-16-20-43(62-33-37-17-14-13-15-18-37)47(41)54(42)35-61-31-32-64(8,9)10)46-44(38-23-27-40(58-5)28-24-38)48(50(55)59-6)53(49(46)51(56)60-7)30-29-36-21-25-39(57-4)26-22-36/h13-28H,29-35H2,1-12H3. The summed E-state index contributed by atoms with van der Waals surface area (Å²) in [5.41, 5.74) is 6.37. The molecule has 0 fully saturated rings. The van der Waals surface area contributed by atoms with Crippen LogP contribution in [0.15, 0.2) is 97.1 Å². The Labute approximate surface area is 386 Å². The van der Waals surface area contributed by atoms with E-state index in [4.69, 9.17) is 32.8 Å². The Hall–Kier alpha value is -5.61. The largest absolute Gasteiger partial charge is 0.497 e. The number of hydrogen-bond acceptors (Lipinski definition) is 9. The molecule has 6 rings (SSSR count). The average Bonchev–Trinajstić information content (AvgIpc) is 3.79. The summed E-state index contributed by atoms with van der Waals surface area (Å²) in [5, 5.41) is 0.678. The molecule has 11 nitrogen and oxygen atoms in total. The monoisotopic (exact) mass is 918 g/mol. The van der Waals surface area contributed by atoms with E-state index in [-0.39, 0.29) is 36.3 Å². The van der Waals surface area contributed by atoms with Gasteiger partial charge < -0.3 is 42.0 Å². The molecule has 0 N–H and O–H groups in total. The van der Waals surface area contributed by atoms with Gasteiger partial charge in [0.2, 0.25) is 0 Å². The summed E-state index contributed by atoms with van der Waals surface area (Å²) in [7, 11) is 2.10. The van der Waals surface area contributed by atoms with Gasteiger partial charge >= 0.3 is 11.9 Å². The smallest absolute Gasteiger partial charge is 0.355 e. The topological polar surface area (TPSA) is 109 Å². The van der Waals surface area contributed by atoms with Crippen LogP contribution in [-0.4, -0.2) is 72.5 Å². The minimum absolute atomic E-state index is 0.115. The highest BCUT2D eigenvalue weighted by Crippen LogP contribution is 2.49. The van der Waals surface area contributed by atoms with Crippen molar-refractivity contribution < 1.29 is 42.4 Å². The normalized spacial score (nSPS) is 12.1. The molecule has 13 heteroatoms. The summed E-state index contributed by atoms with van der Waals surface area (Å²) >= 11 is 0. The van der Waals surface area contributed by atoms with Crippen LogP contribution in [-0.2, 0) is 51.5 Å². The summed E-state index contributed by atoms with van der Waals surface area (Å²) in [4.78, 5) is 29.3. The van der Waals surface area contributed by atoms with E-state index in [0.717, 1.165) is 39.5 Å². The van der Waals surface area contributed by atoms with Crippen molar-refractivity contribution in [3.05, 3.63) is 125 Å². The van der Waals surface area contributed by atoms with E-state index in [1.165, 1.54) is 14.2 Å². The Bertz CT molecular complexity index is 2570. The molecule has 0 radical (unpaired) electrons. The molecule has 2 aromatic heterocycles. The maximum absolute atomic E-state index is 14.8. The number of esters is 2. The van der Waals surface area contributed by atoms with Crippen LogP contribution in [0.2, 0.25) is 43.8 Å². The van der Waals surface area contributed by atoms with Gasteiger partial charge in [-0.15, -0.1) is 0 Å². The number of ether oxygens (including phenoxy) is 6. The lowest BCUT2D eigenvalue weighted by Crippen LogP contribution is -2.40. The lowest BCUT2D eigenvalue weighted by Gasteiger charge is -2.36. The molecule has 0 aliphatic heterocycles. The molecule has 2 heterocycles. The van der Waals surface area contributed by atoms with E-state index >= 15 is 0 Å². The fourth-order valence-electron chi connectivity index (χ4n) is 7.63. The number of fused-ring (bicyclic) bond motifs is 1. The first kappa shape index (κ1) is 48.8. The van der Waals surface area contributed by atoms with Crippen LogP contribution in [0, 0.1) is 0 Å². The van der Waals surface area contributed by atoms with E-state index in [0.29, 0.717) is 53.4 Å². The molecule has 0 spiro atoms. The molecular weight excluding hydrogens is 853 g/mol. The first-order chi connectivity index (χ1) is 30.9. The average molecular weight is 919 g/mol. The summed E-state index contributed by atoms with van der Waals surface area (Å²) in [6, 6.07) is 32.2. The number of aromatic nitrogens is 2. The minimum atomic E-state index is -2.41. The summed E-state index contributed by atoms with van der Waals surface area (Å²) in [5.74, 6) is 0.784. The Morgan fingerprint density at radius 2 is 1.23 bits per heavy atom. The molecule has 0 aliphatic carbocycles. The summed E-state index contributed by atoms with van der Waals surface area (Å²) in [6.07, 6.45) is 0.472. The van der Waals surface area contributed by atoms with Gasteiger partial charge in [0.05, 0.1) is 46.3 Å². The molecular formula is C52H66N2O9Si2. The third-order valence-corrected chi connectivity index (χ3v) is 18.6. The van der Waals surface area contributed by atoms with Gasteiger partial charge in [0.1, 0.15) is 42.0 Å². The first-order valence-corrected chi connectivity index (χ1v) is 28.8. The Balaban J connectivity index is 1.75. The van der Waals surface area contributed by atoms with Gasteiger partial charge in [-0.3, -0.25) is 0 Å². The minimum Gasteiger partial charge on any atom is -0.497 e. The Morgan fingerprint density at radius 3 is 1.80 bits per heavy atom. The van der Waals surface area contributed by atoms with Gasteiger partial charge in [-0.1, -0.05) is 107 Å². The number of para-hydroxylation sites is 1. The Kier molecular flexibility index (Phi) is 15.6. The number of hydrogen-bond donors (Lipinski definition) is 0. The van der Waals surface area contributed by atoms with Gasteiger partial charge in [-0.05, 0) is 77.6 Å². The number of carbonyl (C=O) groups excluding carboxylic acids is 2. The highest BCUT2D eigenvalue weighted by molar-refractivity contribution is 6.76. The quantitative estimate of drug-likeness (QED) is 0.0420. The van der Waals surface area contributed by atoms with E-state index in [1.807, 2.05) is 97.1 Å². The van der Waals surface area contributed by atoms with Crippen molar-refractivity contribution in [1.29, 1.82) is 0 Å². The zero-order valence-electron chi connectivity index (χ0n) is 40.3. The van der Waals surface area contributed by atoms with Gasteiger partial charge in [0, 0.05) is 43.3 Å². The third-order valence-electron chi connectivity index (χ3n) is 12.4. The fourth-order valence-corrected chi connectivity index (χ4v) is 9.31. The van der Waals surface area contributed by atoms with Crippen molar-refractivity contribution in [2.24, 2.45) is 0 Å². The van der Waals surface area contributed by atoms with Crippen molar-refractivity contribution >= 4 is 39.2 Å². The number of methoxy groups -OCH3 is 4. The number of benzene rings is 4. The molecule has 4 aromatic carbocycles. The van der Waals surface area contributed by atoms with Crippen molar-refractivity contribution in [3.8, 4) is 39.5 Å². The van der Waals surface area contributed by atoms with E-state index in [2.05, 4.69) is 58.1 Å². The SMILES string of the molecule is COC(=O)c1c(-c2ccc(OC)cc2)c(-c2c(CO[Si](C)(C)C(C)(C)C)n(COCC[Si](C)(C)C)c3c(OCc4ccccc4)cccc23)c(C(=O)OC)n1CCc1ccc(OC)cc1. The van der Waals surface area contributed by atoms with E-state index < -0.39 is 28.3 Å². The van der Waals surface area contributed by atoms with Gasteiger partial charge in [-0.2, -0.15) is 0 Å². The summed E-state index contributed by atoms with van der Waals surface area (Å²) in [6.45, 7) is 19.6. The number of carbonyl (C=O) groups is 2. The number of rotatable bonds is 20. The van der Waals surface area contributed by atoms with Crippen LogP contribution in [0.1, 0.15) is 58.6 Å². The predicted molar refractivity (Wildman–Crippen MR) is 264 cm³/mol. The molecule has 6 aromatic rings. The van der Waals surface area contributed by atoms with E-state index in [9.17, 15) is 9.59 Å². The highest BCUT2D eigenvalue weighted by Gasteiger charge is 2.40. The summed E-state index contributed by atoms with van der Waals surface area (Å²) < 4.78 is 46.8. The molecule has 65 heavy (non-hydrogen) atoms. The van der Waals surface area contributed by atoms with Crippen molar-refractivity contribution in [2.45, 2.75) is 97.5 Å². The zero-order valence-corrected chi connectivity index (χ0v) is 42.3. The van der Waals surface area contributed by atoms with Crippen molar-refractivity contribution in [2.75, 3.05) is 35.0 Å². The molecule has 0 atom stereocenters. The maximum atomic E-state index is 14.8. The molecule has 346 valence electrons. The van der Waals surface area contributed by atoms with Crippen LogP contribution in [0.3, 0.4) is 0 Å². The zero-order chi connectivity index (χ0) is 47.1. The second kappa shape index (κ2) is 20.7. The molecule has 0 aliphatic rings. The Morgan fingerprint density at radius 1 is 0.631 bits per heavy atom. The second-order valence-corrected chi connectivity index (χ2v) is 29.4. The lowest BCUT2D eigenvalue weighted by molar-refractivity contribution is 0.0578. The number of nitrogens with zero attached hydrogens (tertiary/aromatic N) is 2. The molecule has 0 bridgehead atoms. The third kappa shape index (κ3) is 11.1. The van der Waals surface area contributed by atoms with Gasteiger partial charge in [-0.25, -0.2) is 9.59 Å². The van der Waals surface area contributed by atoms with Crippen molar-refractivity contribution in [3.63, 3.8) is 0 Å². The first-order valence-electron chi connectivity index (χ1n) is 22.2.